The van der Waals surface area contributed by atoms with E-state index in [1.54, 1.807) is 50.4 Å². The molecule has 0 saturated heterocycles. The number of anilines is 1. The molecule has 0 aromatic heterocycles. The molecule has 0 bridgehead atoms. The minimum absolute atomic E-state index is 0.221. The smallest absolute Gasteiger partial charge is 0.253 e. The van der Waals surface area contributed by atoms with Gasteiger partial charge >= 0.3 is 0 Å². The van der Waals surface area contributed by atoms with E-state index in [1.807, 2.05) is 0 Å². The second-order valence-electron chi connectivity index (χ2n) is 5.93. The SMILES string of the molecule is Cc1ccc(C(=O)N(C)CCOc2ccc(Cl)cc2)cc1NS(C)(=O)=O. The molecule has 0 aliphatic carbocycles. The highest BCUT2D eigenvalue weighted by molar-refractivity contribution is 7.92. The number of carbonyl (C=O) groups is 1. The summed E-state index contributed by atoms with van der Waals surface area (Å²) in [6.45, 7) is 2.47. The number of hydrogen-bond acceptors (Lipinski definition) is 4. The summed E-state index contributed by atoms with van der Waals surface area (Å²) in [4.78, 5) is 14.1. The Balaban J connectivity index is 1.98. The molecule has 6 nitrogen and oxygen atoms in total. The molecule has 8 heteroatoms. The van der Waals surface area contributed by atoms with Crippen molar-refractivity contribution in [3.63, 3.8) is 0 Å². The number of nitrogens with zero attached hydrogens (tertiary/aromatic N) is 1. The number of benzene rings is 2. The number of halogens is 1. The van der Waals surface area contributed by atoms with Crippen LogP contribution in [-0.2, 0) is 10.0 Å². The third-order valence-corrected chi connectivity index (χ3v) is 4.48. The van der Waals surface area contributed by atoms with Gasteiger partial charge in [-0.25, -0.2) is 8.42 Å². The Morgan fingerprint density at radius 3 is 2.46 bits per heavy atom. The van der Waals surface area contributed by atoms with Crippen molar-refractivity contribution >= 4 is 33.2 Å². The Hall–Kier alpha value is -2.25. The van der Waals surface area contributed by atoms with Crippen molar-refractivity contribution in [1.82, 2.24) is 4.90 Å². The van der Waals surface area contributed by atoms with Crippen LogP contribution in [0.5, 0.6) is 5.75 Å². The number of likely N-dealkylation sites (N-methyl/N-ethyl adjacent to an activating group) is 1. The standard InChI is InChI=1S/C18H21ClN2O4S/c1-13-4-5-14(12-17(13)20-26(3,23)24)18(22)21(2)10-11-25-16-8-6-15(19)7-9-16/h4-9,12,20H,10-11H2,1-3H3. The fraction of sp³-hybridized carbons (Fsp3) is 0.278. The first-order valence-electron chi connectivity index (χ1n) is 7.88. The highest BCUT2D eigenvalue weighted by Crippen LogP contribution is 2.19. The first kappa shape index (κ1) is 20.1. The van der Waals surface area contributed by atoms with Gasteiger partial charge in [-0.05, 0) is 48.9 Å². The molecule has 2 aromatic rings. The summed E-state index contributed by atoms with van der Waals surface area (Å²) in [5.41, 5.74) is 1.53. The van der Waals surface area contributed by atoms with Crippen LogP contribution >= 0.6 is 11.6 Å². The van der Waals surface area contributed by atoms with Gasteiger partial charge in [0, 0.05) is 17.6 Å². The van der Waals surface area contributed by atoms with Gasteiger partial charge in [-0.1, -0.05) is 17.7 Å². The van der Waals surface area contributed by atoms with Crippen LogP contribution in [0.25, 0.3) is 0 Å². The zero-order valence-corrected chi connectivity index (χ0v) is 16.4. The van der Waals surface area contributed by atoms with Gasteiger partial charge in [0.25, 0.3) is 5.91 Å². The van der Waals surface area contributed by atoms with Crippen LogP contribution in [0.4, 0.5) is 5.69 Å². The van der Waals surface area contributed by atoms with E-state index in [1.165, 1.54) is 11.0 Å². The number of carbonyl (C=O) groups excluding carboxylic acids is 1. The van der Waals surface area contributed by atoms with Crippen molar-refractivity contribution in [1.29, 1.82) is 0 Å². The maximum Gasteiger partial charge on any atom is 0.253 e. The average Bonchev–Trinajstić information content (AvgIpc) is 2.56. The van der Waals surface area contributed by atoms with Crippen LogP contribution in [0.15, 0.2) is 42.5 Å². The van der Waals surface area contributed by atoms with Crippen molar-refractivity contribution in [2.24, 2.45) is 0 Å². The molecule has 0 radical (unpaired) electrons. The lowest BCUT2D eigenvalue weighted by molar-refractivity contribution is 0.0774. The molecule has 2 rings (SSSR count). The third-order valence-electron chi connectivity index (χ3n) is 3.64. The maximum absolute atomic E-state index is 12.5. The molecule has 0 spiro atoms. The zero-order chi connectivity index (χ0) is 19.3. The normalized spacial score (nSPS) is 11.1. The molecule has 2 aromatic carbocycles. The van der Waals surface area contributed by atoms with Gasteiger partial charge in [-0.15, -0.1) is 0 Å². The first-order chi connectivity index (χ1) is 12.2. The van der Waals surface area contributed by atoms with E-state index in [9.17, 15) is 13.2 Å². The Labute approximate surface area is 158 Å². The number of amides is 1. The van der Waals surface area contributed by atoms with E-state index in [4.69, 9.17) is 16.3 Å². The van der Waals surface area contributed by atoms with Gasteiger partial charge in [0.15, 0.2) is 0 Å². The van der Waals surface area contributed by atoms with Gasteiger partial charge in [-0.2, -0.15) is 0 Å². The van der Waals surface area contributed by atoms with Crippen molar-refractivity contribution in [3.8, 4) is 5.75 Å². The lowest BCUT2D eigenvalue weighted by Crippen LogP contribution is -2.31. The average molecular weight is 397 g/mol. The number of hydrogen-bond donors (Lipinski definition) is 1. The number of rotatable bonds is 7. The highest BCUT2D eigenvalue weighted by Gasteiger charge is 2.14. The zero-order valence-electron chi connectivity index (χ0n) is 14.8. The van der Waals surface area contributed by atoms with E-state index in [0.717, 1.165) is 11.8 Å². The van der Waals surface area contributed by atoms with Gasteiger partial charge in [-0.3, -0.25) is 9.52 Å². The molecule has 0 saturated carbocycles. The topological polar surface area (TPSA) is 75.7 Å². The fourth-order valence-electron chi connectivity index (χ4n) is 2.22. The molecule has 0 fully saturated rings. The molecule has 0 atom stereocenters. The minimum Gasteiger partial charge on any atom is -0.492 e. The van der Waals surface area contributed by atoms with E-state index >= 15 is 0 Å². The summed E-state index contributed by atoms with van der Waals surface area (Å²) in [5, 5.41) is 0.627. The Morgan fingerprint density at radius 1 is 1.19 bits per heavy atom. The number of ether oxygens (including phenoxy) is 1. The molecular weight excluding hydrogens is 376 g/mol. The summed E-state index contributed by atoms with van der Waals surface area (Å²) in [6, 6.07) is 11.9. The van der Waals surface area contributed by atoms with Gasteiger partial charge < -0.3 is 9.64 Å². The van der Waals surface area contributed by atoms with Crippen LogP contribution in [0.1, 0.15) is 15.9 Å². The van der Waals surface area contributed by atoms with Crippen molar-refractivity contribution in [3.05, 3.63) is 58.6 Å². The Kier molecular flexibility index (Phi) is 6.50. The predicted molar refractivity (Wildman–Crippen MR) is 104 cm³/mol. The Bertz CT molecular complexity index is 883. The van der Waals surface area contributed by atoms with Crippen LogP contribution in [0, 0.1) is 6.92 Å². The second kappa shape index (κ2) is 8.42. The van der Waals surface area contributed by atoms with Crippen molar-refractivity contribution in [2.75, 3.05) is 31.2 Å². The van der Waals surface area contributed by atoms with Gasteiger partial charge in [0.1, 0.15) is 12.4 Å². The van der Waals surface area contributed by atoms with E-state index < -0.39 is 10.0 Å². The molecule has 26 heavy (non-hydrogen) atoms. The summed E-state index contributed by atoms with van der Waals surface area (Å²) in [7, 11) is -1.75. The largest absolute Gasteiger partial charge is 0.492 e. The fourth-order valence-corrected chi connectivity index (χ4v) is 2.96. The number of aryl methyl sites for hydroxylation is 1. The number of nitrogens with one attached hydrogen (secondary N) is 1. The van der Waals surface area contributed by atoms with Crippen LogP contribution in [-0.4, -0.2) is 45.7 Å². The summed E-state index contributed by atoms with van der Waals surface area (Å²) >= 11 is 5.82. The summed E-state index contributed by atoms with van der Waals surface area (Å²) in [5.74, 6) is 0.450. The first-order valence-corrected chi connectivity index (χ1v) is 10.1. The third kappa shape index (κ3) is 5.93. The van der Waals surface area contributed by atoms with Crippen LogP contribution in [0.2, 0.25) is 5.02 Å². The maximum atomic E-state index is 12.5. The lowest BCUT2D eigenvalue weighted by atomic mass is 10.1. The quantitative estimate of drug-likeness (QED) is 0.779. The summed E-state index contributed by atoms with van der Waals surface area (Å²) < 4.78 is 30.9. The predicted octanol–water partition coefficient (Wildman–Crippen LogP) is 3.17. The molecular formula is C18H21ClN2O4S. The lowest BCUT2D eigenvalue weighted by Gasteiger charge is -2.18. The molecule has 0 aliphatic heterocycles. The van der Waals surface area contributed by atoms with Crippen LogP contribution < -0.4 is 9.46 Å². The molecule has 0 heterocycles. The molecule has 1 N–H and O–H groups in total. The van der Waals surface area contributed by atoms with Crippen LogP contribution in [0.3, 0.4) is 0 Å². The van der Waals surface area contributed by atoms with E-state index in [2.05, 4.69) is 4.72 Å². The highest BCUT2D eigenvalue weighted by atomic mass is 35.5. The molecule has 0 unspecified atom stereocenters. The second-order valence-corrected chi connectivity index (χ2v) is 8.12. The minimum atomic E-state index is -3.41. The molecule has 140 valence electrons. The van der Waals surface area contributed by atoms with Gasteiger partial charge in [0.2, 0.25) is 10.0 Å². The number of sulfonamides is 1. The van der Waals surface area contributed by atoms with E-state index in [-0.39, 0.29) is 5.91 Å². The monoisotopic (exact) mass is 396 g/mol. The molecule has 0 aliphatic rings. The summed E-state index contributed by atoms with van der Waals surface area (Å²) in [6.07, 6.45) is 1.07. The van der Waals surface area contributed by atoms with Crippen molar-refractivity contribution in [2.45, 2.75) is 6.92 Å². The van der Waals surface area contributed by atoms with Gasteiger partial charge in [0.05, 0.1) is 18.5 Å². The van der Waals surface area contributed by atoms with E-state index in [0.29, 0.717) is 35.2 Å². The molecule has 1 amide bonds. The van der Waals surface area contributed by atoms with Crippen molar-refractivity contribution < 1.29 is 17.9 Å². The Morgan fingerprint density at radius 2 is 1.85 bits per heavy atom.